The summed E-state index contributed by atoms with van der Waals surface area (Å²) in [5.74, 6) is -3.69. The zero-order valence-electron chi connectivity index (χ0n) is 22.5. The minimum absolute atomic E-state index is 0.0241. The summed E-state index contributed by atoms with van der Waals surface area (Å²) < 4.78 is 0. The Morgan fingerprint density at radius 2 is 1.05 bits per heavy atom. The molecule has 2 aromatic rings. The molecular weight excluding hydrogens is 504 g/mol. The van der Waals surface area contributed by atoms with Crippen molar-refractivity contribution in [3.63, 3.8) is 0 Å². The maximum absolute atomic E-state index is 13.2. The van der Waals surface area contributed by atoms with Crippen LogP contribution in [0, 0.1) is 11.8 Å². The van der Waals surface area contributed by atoms with E-state index in [9.17, 15) is 34.5 Å². The van der Waals surface area contributed by atoms with E-state index in [1.54, 1.807) is 52.0 Å². The van der Waals surface area contributed by atoms with E-state index in [1.807, 2.05) is 0 Å². The van der Waals surface area contributed by atoms with Crippen LogP contribution in [0.2, 0.25) is 0 Å². The van der Waals surface area contributed by atoms with Crippen LogP contribution in [0.15, 0.2) is 48.5 Å². The number of aromatic hydroxyl groups is 2. The molecule has 11 heteroatoms. The standard InChI is InChI=1S/C28H38N4O7/c1-15(2)23(26(36)30-22(28(38)39)14-18-7-11-20(34)12-8-18)32-27(37)24(16(3)4)31-25(35)21(29)13-17-5-9-19(33)10-6-17/h5-12,15-16,21-24,33-34H,13-14,29H2,1-4H3,(H,30,36)(H,31,35)(H,32,37)(H,38,39). The first-order valence-corrected chi connectivity index (χ1v) is 12.7. The molecule has 0 fully saturated rings. The molecule has 0 aliphatic rings. The number of aliphatic carboxylic acids is 1. The van der Waals surface area contributed by atoms with E-state index in [-0.39, 0.29) is 30.3 Å². The van der Waals surface area contributed by atoms with Crippen molar-refractivity contribution in [1.82, 2.24) is 16.0 Å². The molecule has 11 nitrogen and oxygen atoms in total. The number of carboxylic acid groups (broad SMARTS) is 1. The first-order valence-electron chi connectivity index (χ1n) is 12.7. The third-order valence-corrected chi connectivity index (χ3v) is 6.21. The van der Waals surface area contributed by atoms with Crippen LogP contribution >= 0.6 is 0 Å². The molecule has 0 spiro atoms. The van der Waals surface area contributed by atoms with Crippen LogP contribution in [0.5, 0.6) is 11.5 Å². The largest absolute Gasteiger partial charge is 0.508 e. The average molecular weight is 543 g/mol. The lowest BCUT2D eigenvalue weighted by molar-refractivity contribution is -0.142. The molecule has 0 aliphatic heterocycles. The first kappa shape index (κ1) is 31.1. The maximum atomic E-state index is 13.2. The molecule has 0 saturated carbocycles. The number of nitrogens with two attached hydrogens (primary N) is 1. The van der Waals surface area contributed by atoms with Gasteiger partial charge in [0.05, 0.1) is 6.04 Å². The highest BCUT2D eigenvalue weighted by molar-refractivity contribution is 5.94. The Kier molecular flexibility index (Phi) is 11.3. The lowest BCUT2D eigenvalue weighted by Crippen LogP contribution is -2.59. The van der Waals surface area contributed by atoms with Gasteiger partial charge in [0, 0.05) is 6.42 Å². The molecule has 8 N–H and O–H groups in total. The van der Waals surface area contributed by atoms with Gasteiger partial charge in [-0.3, -0.25) is 14.4 Å². The number of benzene rings is 2. The summed E-state index contributed by atoms with van der Waals surface area (Å²) in [6.45, 7) is 6.88. The second-order valence-electron chi connectivity index (χ2n) is 10.2. The third kappa shape index (κ3) is 9.60. The van der Waals surface area contributed by atoms with Gasteiger partial charge in [-0.25, -0.2) is 4.79 Å². The molecule has 0 bridgehead atoms. The molecule has 0 aliphatic carbocycles. The fourth-order valence-electron chi connectivity index (χ4n) is 3.88. The van der Waals surface area contributed by atoms with E-state index >= 15 is 0 Å². The van der Waals surface area contributed by atoms with Gasteiger partial charge in [-0.15, -0.1) is 0 Å². The summed E-state index contributed by atoms with van der Waals surface area (Å²) in [6, 6.07) is 7.94. The maximum Gasteiger partial charge on any atom is 0.326 e. The molecule has 212 valence electrons. The Bertz CT molecular complexity index is 1130. The summed E-state index contributed by atoms with van der Waals surface area (Å²) >= 11 is 0. The highest BCUT2D eigenvalue weighted by Crippen LogP contribution is 2.14. The van der Waals surface area contributed by atoms with Crippen molar-refractivity contribution in [2.24, 2.45) is 17.6 Å². The number of carbonyl (C=O) groups is 4. The third-order valence-electron chi connectivity index (χ3n) is 6.21. The van der Waals surface area contributed by atoms with E-state index in [4.69, 9.17) is 5.73 Å². The number of hydrogen-bond acceptors (Lipinski definition) is 7. The number of carbonyl (C=O) groups excluding carboxylic acids is 3. The van der Waals surface area contributed by atoms with Crippen LogP contribution < -0.4 is 21.7 Å². The molecule has 2 rings (SSSR count). The highest BCUT2D eigenvalue weighted by atomic mass is 16.4. The van der Waals surface area contributed by atoms with Crippen molar-refractivity contribution in [2.75, 3.05) is 0 Å². The number of phenols is 2. The Morgan fingerprint density at radius 1 is 0.667 bits per heavy atom. The van der Waals surface area contributed by atoms with Crippen LogP contribution in [0.1, 0.15) is 38.8 Å². The molecule has 0 aromatic heterocycles. The van der Waals surface area contributed by atoms with Gasteiger partial charge in [0.1, 0.15) is 29.6 Å². The fourth-order valence-corrected chi connectivity index (χ4v) is 3.88. The number of hydrogen-bond donors (Lipinski definition) is 7. The van der Waals surface area contributed by atoms with Gasteiger partial charge in [0.2, 0.25) is 17.7 Å². The summed E-state index contributed by atoms with van der Waals surface area (Å²) in [5, 5.41) is 36.3. The molecule has 0 radical (unpaired) electrons. The number of rotatable bonds is 13. The van der Waals surface area contributed by atoms with Crippen molar-refractivity contribution >= 4 is 23.7 Å². The van der Waals surface area contributed by atoms with Crippen LogP contribution in [-0.2, 0) is 32.0 Å². The number of nitrogens with one attached hydrogen (secondary N) is 3. The van der Waals surface area contributed by atoms with Gasteiger partial charge in [0.25, 0.3) is 0 Å². The summed E-state index contributed by atoms with van der Waals surface area (Å²) in [4.78, 5) is 50.9. The minimum Gasteiger partial charge on any atom is -0.508 e. The zero-order valence-corrected chi connectivity index (χ0v) is 22.5. The van der Waals surface area contributed by atoms with Gasteiger partial charge >= 0.3 is 5.97 Å². The molecular formula is C28H38N4O7. The molecule has 39 heavy (non-hydrogen) atoms. The molecule has 4 atom stereocenters. The summed E-state index contributed by atoms with van der Waals surface area (Å²) in [7, 11) is 0. The molecule has 0 heterocycles. The minimum atomic E-state index is -1.27. The van der Waals surface area contributed by atoms with Gasteiger partial charge in [-0.1, -0.05) is 52.0 Å². The monoisotopic (exact) mass is 542 g/mol. The van der Waals surface area contributed by atoms with Crippen LogP contribution in [-0.4, -0.2) is 63.2 Å². The van der Waals surface area contributed by atoms with Crippen LogP contribution in [0.3, 0.4) is 0 Å². The Hall–Kier alpha value is -4.12. The number of carboxylic acids is 1. The van der Waals surface area contributed by atoms with Crippen molar-refractivity contribution in [1.29, 1.82) is 0 Å². The van der Waals surface area contributed by atoms with Crippen LogP contribution in [0.25, 0.3) is 0 Å². The van der Waals surface area contributed by atoms with Gasteiger partial charge in [0.15, 0.2) is 0 Å². The lowest BCUT2D eigenvalue weighted by Gasteiger charge is -2.28. The van der Waals surface area contributed by atoms with Crippen molar-refractivity contribution in [3.05, 3.63) is 59.7 Å². The van der Waals surface area contributed by atoms with Crippen LogP contribution in [0.4, 0.5) is 0 Å². The fraction of sp³-hybridized carbons (Fsp3) is 0.429. The second-order valence-corrected chi connectivity index (χ2v) is 10.2. The predicted molar refractivity (Wildman–Crippen MR) is 145 cm³/mol. The zero-order chi connectivity index (χ0) is 29.3. The summed E-state index contributed by atoms with van der Waals surface area (Å²) in [6.07, 6.45) is 0.164. The first-order chi connectivity index (χ1) is 18.3. The molecule has 3 amide bonds. The van der Waals surface area contributed by atoms with Gasteiger partial charge in [-0.05, 0) is 53.6 Å². The van der Waals surface area contributed by atoms with Gasteiger partial charge in [-0.2, -0.15) is 0 Å². The van der Waals surface area contributed by atoms with E-state index in [2.05, 4.69) is 16.0 Å². The number of amides is 3. The van der Waals surface area contributed by atoms with Crippen molar-refractivity contribution < 1.29 is 34.5 Å². The lowest BCUT2D eigenvalue weighted by atomic mass is 9.98. The van der Waals surface area contributed by atoms with E-state index < -0.39 is 53.8 Å². The SMILES string of the molecule is CC(C)C(NC(=O)C(N)Cc1ccc(O)cc1)C(=O)NC(C(=O)NC(Cc1ccc(O)cc1)C(=O)O)C(C)C. The van der Waals surface area contributed by atoms with E-state index in [1.165, 1.54) is 24.3 Å². The van der Waals surface area contributed by atoms with Crippen molar-refractivity contribution in [3.8, 4) is 11.5 Å². The highest BCUT2D eigenvalue weighted by Gasteiger charge is 2.33. The summed E-state index contributed by atoms with van der Waals surface area (Å²) in [5.41, 5.74) is 7.38. The normalized spacial score (nSPS) is 14.2. The van der Waals surface area contributed by atoms with E-state index in [0.29, 0.717) is 5.56 Å². The quantitative estimate of drug-likeness (QED) is 0.195. The topological polar surface area (TPSA) is 191 Å². The Morgan fingerprint density at radius 3 is 1.46 bits per heavy atom. The Balaban J connectivity index is 2.07. The average Bonchev–Trinajstić information content (AvgIpc) is 2.87. The molecule has 0 saturated heterocycles. The molecule has 2 aromatic carbocycles. The smallest absolute Gasteiger partial charge is 0.326 e. The second kappa shape index (κ2) is 14.1. The van der Waals surface area contributed by atoms with E-state index in [0.717, 1.165) is 5.56 Å². The number of phenolic OH excluding ortho intramolecular Hbond substituents is 2. The molecule has 4 unspecified atom stereocenters. The van der Waals surface area contributed by atoms with Gasteiger partial charge < -0.3 is 37.0 Å². The Labute approximate surface area is 227 Å². The predicted octanol–water partition coefficient (Wildman–Crippen LogP) is 1.06. The van der Waals surface area contributed by atoms with Crippen molar-refractivity contribution in [2.45, 2.75) is 64.7 Å².